The van der Waals surface area contributed by atoms with Crippen molar-refractivity contribution in [1.82, 2.24) is 9.78 Å². The van der Waals surface area contributed by atoms with Crippen LogP contribution < -0.4 is 5.32 Å². The summed E-state index contributed by atoms with van der Waals surface area (Å²) in [5.41, 5.74) is 3.05. The van der Waals surface area contributed by atoms with Crippen LogP contribution in [-0.4, -0.2) is 28.3 Å². The molecule has 2 aromatic carbocycles. The van der Waals surface area contributed by atoms with E-state index in [0.29, 0.717) is 15.9 Å². The highest BCUT2D eigenvalue weighted by atomic mass is 79.9. The minimum absolute atomic E-state index is 0.227. The van der Waals surface area contributed by atoms with Gasteiger partial charge in [-0.15, -0.1) is 0 Å². The number of carbonyl (C=O) groups excluding carboxylic acids is 2. The largest absolute Gasteiger partial charge is 0.452 e. The summed E-state index contributed by atoms with van der Waals surface area (Å²) in [6, 6.07) is 13.9. The molecule has 8 heteroatoms. The molecule has 1 aromatic heterocycles. The standard InChI is InChI=1S/C22H19BrFN3O3/c1-14-22(15(2)27(26-14)18-6-4-3-5-7-18)25-20(28)13-30-21(29)11-8-16-12-17(23)9-10-19(16)24/h3-12H,13H2,1-2H3,(H,25,28)/b11-8+. The lowest BCUT2D eigenvalue weighted by molar-refractivity contribution is -0.142. The second kappa shape index (κ2) is 9.49. The van der Waals surface area contributed by atoms with Gasteiger partial charge in [0.2, 0.25) is 0 Å². The Morgan fingerprint density at radius 1 is 1.20 bits per heavy atom. The van der Waals surface area contributed by atoms with E-state index in [1.54, 1.807) is 17.7 Å². The molecule has 0 saturated carbocycles. The van der Waals surface area contributed by atoms with Crippen LogP contribution in [0.25, 0.3) is 11.8 Å². The zero-order chi connectivity index (χ0) is 21.7. The van der Waals surface area contributed by atoms with Gasteiger partial charge in [0.25, 0.3) is 5.91 Å². The van der Waals surface area contributed by atoms with Crippen LogP contribution in [0.4, 0.5) is 10.1 Å². The predicted octanol–water partition coefficient (Wildman–Crippen LogP) is 4.59. The summed E-state index contributed by atoms with van der Waals surface area (Å²) in [6.07, 6.45) is 2.36. The zero-order valence-corrected chi connectivity index (χ0v) is 17.9. The third-order valence-electron chi connectivity index (χ3n) is 4.26. The Morgan fingerprint density at radius 2 is 1.93 bits per heavy atom. The van der Waals surface area contributed by atoms with Gasteiger partial charge in [0.15, 0.2) is 6.61 Å². The number of nitrogens with one attached hydrogen (secondary N) is 1. The number of anilines is 1. The maximum atomic E-state index is 13.7. The summed E-state index contributed by atoms with van der Waals surface area (Å²) in [4.78, 5) is 24.1. The first-order valence-corrected chi connectivity index (χ1v) is 9.86. The number of ether oxygens (including phenoxy) is 1. The van der Waals surface area contributed by atoms with Gasteiger partial charge >= 0.3 is 5.97 Å². The van der Waals surface area contributed by atoms with E-state index in [4.69, 9.17) is 4.74 Å². The van der Waals surface area contributed by atoms with Gasteiger partial charge in [0.05, 0.1) is 22.8 Å². The number of esters is 1. The van der Waals surface area contributed by atoms with E-state index in [-0.39, 0.29) is 5.56 Å². The maximum absolute atomic E-state index is 13.7. The van der Waals surface area contributed by atoms with Crippen molar-refractivity contribution >= 4 is 39.6 Å². The minimum atomic E-state index is -0.752. The van der Waals surface area contributed by atoms with E-state index in [0.717, 1.165) is 17.5 Å². The Kier molecular flexibility index (Phi) is 6.79. The lowest BCUT2D eigenvalue weighted by Gasteiger charge is -2.07. The van der Waals surface area contributed by atoms with Crippen LogP contribution in [-0.2, 0) is 14.3 Å². The number of aromatic nitrogens is 2. The lowest BCUT2D eigenvalue weighted by Crippen LogP contribution is -2.20. The number of hydrogen-bond donors (Lipinski definition) is 1. The van der Waals surface area contributed by atoms with Gasteiger partial charge in [-0.1, -0.05) is 34.1 Å². The average molecular weight is 472 g/mol. The second-order valence-electron chi connectivity index (χ2n) is 6.45. The number of aryl methyl sites for hydroxylation is 1. The number of amides is 1. The van der Waals surface area contributed by atoms with Crippen LogP contribution in [0, 0.1) is 19.7 Å². The third-order valence-corrected chi connectivity index (χ3v) is 4.75. The van der Waals surface area contributed by atoms with E-state index >= 15 is 0 Å². The summed E-state index contributed by atoms with van der Waals surface area (Å²) in [5.74, 6) is -1.72. The molecule has 154 valence electrons. The second-order valence-corrected chi connectivity index (χ2v) is 7.36. The molecule has 0 atom stereocenters. The Morgan fingerprint density at radius 3 is 2.67 bits per heavy atom. The Bertz CT molecular complexity index is 1110. The normalized spacial score (nSPS) is 10.9. The van der Waals surface area contributed by atoms with E-state index in [2.05, 4.69) is 26.3 Å². The van der Waals surface area contributed by atoms with Gasteiger partial charge in [-0.05, 0) is 50.3 Å². The number of nitrogens with zero attached hydrogens (tertiary/aromatic N) is 2. The first-order chi connectivity index (χ1) is 14.3. The van der Waals surface area contributed by atoms with Gasteiger partial charge in [0, 0.05) is 16.1 Å². The van der Waals surface area contributed by atoms with Crippen LogP contribution in [0.1, 0.15) is 17.0 Å². The topological polar surface area (TPSA) is 73.2 Å². The third kappa shape index (κ3) is 5.21. The number of benzene rings is 2. The van der Waals surface area contributed by atoms with E-state index in [9.17, 15) is 14.0 Å². The number of hydrogen-bond acceptors (Lipinski definition) is 4. The molecule has 1 amide bonds. The maximum Gasteiger partial charge on any atom is 0.331 e. The summed E-state index contributed by atoms with van der Waals surface area (Å²) < 4.78 is 21.0. The van der Waals surface area contributed by atoms with Gasteiger partial charge in [-0.3, -0.25) is 4.79 Å². The van der Waals surface area contributed by atoms with Crippen LogP contribution >= 0.6 is 15.9 Å². The first-order valence-electron chi connectivity index (χ1n) is 9.06. The Labute approximate surface area is 181 Å². The number of rotatable bonds is 6. The molecule has 1 N–H and O–H groups in total. The summed E-state index contributed by atoms with van der Waals surface area (Å²) in [5, 5.41) is 7.18. The fourth-order valence-corrected chi connectivity index (χ4v) is 3.18. The van der Waals surface area contributed by atoms with Gasteiger partial charge in [-0.2, -0.15) is 5.10 Å². The van der Waals surface area contributed by atoms with E-state index < -0.39 is 24.3 Å². The quantitative estimate of drug-likeness (QED) is 0.421. The Balaban J connectivity index is 1.60. The van der Waals surface area contributed by atoms with Crippen molar-refractivity contribution in [3.8, 4) is 5.69 Å². The molecule has 0 spiro atoms. The molecule has 0 fully saturated rings. The van der Waals surface area contributed by atoms with Crippen molar-refractivity contribution in [3.63, 3.8) is 0 Å². The van der Waals surface area contributed by atoms with Crippen LogP contribution in [0.2, 0.25) is 0 Å². The average Bonchev–Trinajstić information content (AvgIpc) is 3.01. The van der Waals surface area contributed by atoms with E-state index in [1.807, 2.05) is 37.3 Å². The molecular weight excluding hydrogens is 453 g/mol. The molecule has 0 aliphatic carbocycles. The summed E-state index contributed by atoms with van der Waals surface area (Å²) in [7, 11) is 0. The number of carbonyl (C=O) groups is 2. The molecule has 6 nitrogen and oxygen atoms in total. The van der Waals surface area contributed by atoms with Gasteiger partial charge in [0.1, 0.15) is 5.82 Å². The molecule has 0 unspecified atom stereocenters. The van der Waals surface area contributed by atoms with Crippen molar-refractivity contribution in [3.05, 3.63) is 81.8 Å². The van der Waals surface area contributed by atoms with Crippen molar-refractivity contribution in [1.29, 1.82) is 0 Å². The van der Waals surface area contributed by atoms with Crippen LogP contribution in [0.15, 0.2) is 59.1 Å². The van der Waals surface area contributed by atoms with Gasteiger partial charge in [-0.25, -0.2) is 13.9 Å². The molecule has 0 aliphatic heterocycles. The molecule has 1 heterocycles. The molecule has 3 aromatic rings. The fraction of sp³-hybridized carbons (Fsp3) is 0.136. The predicted molar refractivity (Wildman–Crippen MR) is 116 cm³/mol. The smallest absolute Gasteiger partial charge is 0.331 e. The van der Waals surface area contributed by atoms with Gasteiger partial charge < -0.3 is 10.1 Å². The lowest BCUT2D eigenvalue weighted by atomic mass is 10.2. The van der Waals surface area contributed by atoms with Crippen molar-refractivity contribution < 1.29 is 18.7 Å². The highest BCUT2D eigenvalue weighted by Gasteiger charge is 2.16. The molecular formula is C22H19BrFN3O3. The summed E-state index contributed by atoms with van der Waals surface area (Å²) >= 11 is 3.24. The van der Waals surface area contributed by atoms with Crippen molar-refractivity contribution in [2.24, 2.45) is 0 Å². The molecule has 0 radical (unpaired) electrons. The highest BCUT2D eigenvalue weighted by Crippen LogP contribution is 2.22. The molecule has 30 heavy (non-hydrogen) atoms. The number of para-hydroxylation sites is 1. The molecule has 0 saturated heterocycles. The first kappa shape index (κ1) is 21.4. The molecule has 0 bridgehead atoms. The number of halogens is 2. The molecule has 3 rings (SSSR count). The Hall–Kier alpha value is -3.26. The molecule has 0 aliphatic rings. The van der Waals surface area contributed by atoms with E-state index in [1.165, 1.54) is 18.2 Å². The highest BCUT2D eigenvalue weighted by molar-refractivity contribution is 9.10. The monoisotopic (exact) mass is 471 g/mol. The van der Waals surface area contributed by atoms with Crippen LogP contribution in [0.3, 0.4) is 0 Å². The minimum Gasteiger partial charge on any atom is -0.452 e. The summed E-state index contributed by atoms with van der Waals surface area (Å²) in [6.45, 7) is 3.15. The fourth-order valence-electron chi connectivity index (χ4n) is 2.80. The van der Waals surface area contributed by atoms with Crippen molar-refractivity contribution in [2.45, 2.75) is 13.8 Å². The zero-order valence-electron chi connectivity index (χ0n) is 16.4. The van der Waals surface area contributed by atoms with Crippen molar-refractivity contribution in [2.75, 3.05) is 11.9 Å². The SMILES string of the molecule is Cc1nn(-c2ccccc2)c(C)c1NC(=O)COC(=O)/C=C/c1cc(Br)ccc1F. The van der Waals surface area contributed by atoms with Crippen LogP contribution in [0.5, 0.6) is 0 Å².